The van der Waals surface area contributed by atoms with E-state index >= 15 is 0 Å². The summed E-state index contributed by atoms with van der Waals surface area (Å²) in [4.78, 5) is 26.9. The number of aliphatic hydroxyl groups is 1. The Balaban J connectivity index is 1.61. The van der Waals surface area contributed by atoms with Crippen LogP contribution in [0, 0.1) is 11.8 Å². The number of methoxy groups -OCH3 is 1. The Morgan fingerprint density at radius 2 is 1.96 bits per heavy atom. The number of nitrogens with zero attached hydrogens (tertiary/aromatic N) is 1. The van der Waals surface area contributed by atoms with E-state index in [1.807, 2.05) is 24.3 Å². The van der Waals surface area contributed by atoms with Crippen LogP contribution in [0.2, 0.25) is 0 Å². The number of nitrogens with one attached hydrogen (secondary N) is 1. The van der Waals surface area contributed by atoms with Gasteiger partial charge in [-0.05, 0) is 49.4 Å². The van der Waals surface area contributed by atoms with Crippen LogP contribution in [0.3, 0.4) is 0 Å². The standard InChI is InChI=1S/C21H30N2O4/c1-27-18-9-7-17(8-10-18)23-14-16(13-20(23)25)21(26)22-19(11-12-24)15-5-3-2-4-6-15/h7-10,15-16,19,24H,2-6,11-14H2,1H3,(H,22,26)/t16-,19+/m1/s1. The van der Waals surface area contributed by atoms with Crippen LogP contribution in [0.25, 0.3) is 0 Å². The molecule has 1 aromatic carbocycles. The normalized spacial score (nSPS) is 21.9. The summed E-state index contributed by atoms with van der Waals surface area (Å²) in [7, 11) is 1.60. The molecule has 0 aromatic heterocycles. The summed E-state index contributed by atoms with van der Waals surface area (Å²) in [6, 6.07) is 7.32. The zero-order valence-electron chi connectivity index (χ0n) is 16.0. The maximum atomic E-state index is 12.8. The van der Waals surface area contributed by atoms with E-state index < -0.39 is 0 Å². The number of hydrogen-bond acceptors (Lipinski definition) is 4. The van der Waals surface area contributed by atoms with Crippen molar-refractivity contribution in [2.24, 2.45) is 11.8 Å². The summed E-state index contributed by atoms with van der Waals surface area (Å²) < 4.78 is 5.15. The third-order valence-electron chi connectivity index (χ3n) is 5.87. The molecule has 2 fully saturated rings. The smallest absolute Gasteiger partial charge is 0.227 e. The second kappa shape index (κ2) is 9.22. The van der Waals surface area contributed by atoms with Gasteiger partial charge in [0.2, 0.25) is 11.8 Å². The van der Waals surface area contributed by atoms with E-state index in [1.165, 1.54) is 19.3 Å². The highest BCUT2D eigenvalue weighted by Crippen LogP contribution is 2.30. The van der Waals surface area contributed by atoms with E-state index in [1.54, 1.807) is 12.0 Å². The van der Waals surface area contributed by atoms with Gasteiger partial charge in [-0.15, -0.1) is 0 Å². The summed E-state index contributed by atoms with van der Waals surface area (Å²) >= 11 is 0. The summed E-state index contributed by atoms with van der Waals surface area (Å²) in [6.45, 7) is 0.469. The molecule has 0 unspecified atom stereocenters. The zero-order valence-corrected chi connectivity index (χ0v) is 16.0. The molecule has 27 heavy (non-hydrogen) atoms. The van der Waals surface area contributed by atoms with E-state index in [0.29, 0.717) is 18.9 Å². The fourth-order valence-electron chi connectivity index (χ4n) is 4.30. The third kappa shape index (κ3) is 4.80. The molecule has 148 valence electrons. The van der Waals surface area contributed by atoms with Crippen molar-refractivity contribution in [1.29, 1.82) is 0 Å². The molecule has 0 spiro atoms. The quantitative estimate of drug-likeness (QED) is 0.769. The summed E-state index contributed by atoms with van der Waals surface area (Å²) in [6.07, 6.45) is 6.65. The number of benzene rings is 1. The fraction of sp³-hybridized carbons (Fsp3) is 0.619. The van der Waals surface area contributed by atoms with Gasteiger partial charge in [0.05, 0.1) is 13.0 Å². The molecule has 2 atom stereocenters. The highest BCUT2D eigenvalue weighted by molar-refractivity contribution is 6.00. The average Bonchev–Trinajstić information content (AvgIpc) is 3.10. The molecule has 1 heterocycles. The molecular weight excluding hydrogens is 344 g/mol. The van der Waals surface area contributed by atoms with Crippen molar-refractivity contribution < 1.29 is 19.4 Å². The van der Waals surface area contributed by atoms with Gasteiger partial charge < -0.3 is 20.1 Å². The van der Waals surface area contributed by atoms with Gasteiger partial charge in [0, 0.05) is 31.3 Å². The Labute approximate surface area is 160 Å². The number of anilines is 1. The van der Waals surface area contributed by atoms with Crippen LogP contribution in [0.4, 0.5) is 5.69 Å². The molecule has 1 aromatic rings. The van der Waals surface area contributed by atoms with Gasteiger partial charge in [-0.25, -0.2) is 0 Å². The lowest BCUT2D eigenvalue weighted by Gasteiger charge is -2.31. The molecule has 1 aliphatic carbocycles. The van der Waals surface area contributed by atoms with Gasteiger partial charge in [-0.1, -0.05) is 19.3 Å². The number of ether oxygens (including phenoxy) is 1. The lowest BCUT2D eigenvalue weighted by Crippen LogP contribution is -2.44. The molecule has 6 nitrogen and oxygen atoms in total. The van der Waals surface area contributed by atoms with E-state index in [0.717, 1.165) is 24.3 Å². The first kappa shape index (κ1) is 19.7. The number of amides is 2. The summed E-state index contributed by atoms with van der Waals surface area (Å²) in [5.41, 5.74) is 0.787. The summed E-state index contributed by atoms with van der Waals surface area (Å²) in [5.74, 6) is 0.730. The number of carbonyl (C=O) groups excluding carboxylic acids is 2. The number of carbonyl (C=O) groups is 2. The van der Waals surface area contributed by atoms with Gasteiger partial charge in [-0.2, -0.15) is 0 Å². The predicted molar refractivity (Wildman–Crippen MR) is 104 cm³/mol. The average molecular weight is 374 g/mol. The van der Waals surface area contributed by atoms with Crippen LogP contribution in [0.15, 0.2) is 24.3 Å². The monoisotopic (exact) mass is 374 g/mol. The van der Waals surface area contributed by atoms with Gasteiger partial charge in [0.15, 0.2) is 0 Å². The largest absolute Gasteiger partial charge is 0.497 e. The summed E-state index contributed by atoms with van der Waals surface area (Å²) in [5, 5.41) is 12.5. The molecule has 6 heteroatoms. The topological polar surface area (TPSA) is 78.9 Å². The Kier molecular flexibility index (Phi) is 6.72. The third-order valence-corrected chi connectivity index (χ3v) is 5.87. The SMILES string of the molecule is COc1ccc(N2C[C@H](C(=O)N[C@@H](CCO)C3CCCCC3)CC2=O)cc1. The van der Waals surface area contributed by atoms with Crippen molar-refractivity contribution >= 4 is 17.5 Å². The first-order valence-electron chi connectivity index (χ1n) is 9.98. The second-order valence-electron chi connectivity index (χ2n) is 7.63. The Hall–Kier alpha value is -2.08. The van der Waals surface area contributed by atoms with Gasteiger partial charge in [0.25, 0.3) is 0 Å². The highest BCUT2D eigenvalue weighted by atomic mass is 16.5. The molecule has 0 bridgehead atoms. The molecule has 2 amide bonds. The van der Waals surface area contributed by atoms with Gasteiger partial charge in [0.1, 0.15) is 5.75 Å². The van der Waals surface area contributed by atoms with Gasteiger partial charge >= 0.3 is 0 Å². The van der Waals surface area contributed by atoms with Crippen LogP contribution >= 0.6 is 0 Å². The van der Waals surface area contributed by atoms with Crippen molar-refractivity contribution in [3.8, 4) is 5.75 Å². The lowest BCUT2D eigenvalue weighted by molar-refractivity contribution is -0.127. The highest BCUT2D eigenvalue weighted by Gasteiger charge is 2.36. The molecule has 3 rings (SSSR count). The molecule has 0 radical (unpaired) electrons. The number of aliphatic hydroxyl groups excluding tert-OH is 1. The van der Waals surface area contributed by atoms with E-state index in [2.05, 4.69) is 5.32 Å². The van der Waals surface area contributed by atoms with Crippen LogP contribution in [0.1, 0.15) is 44.9 Å². The van der Waals surface area contributed by atoms with Gasteiger partial charge in [-0.3, -0.25) is 9.59 Å². The first-order chi connectivity index (χ1) is 13.1. The Morgan fingerprint density at radius 1 is 1.26 bits per heavy atom. The van der Waals surface area contributed by atoms with Crippen LogP contribution in [-0.4, -0.2) is 43.2 Å². The molecule has 1 aliphatic heterocycles. The number of hydrogen-bond donors (Lipinski definition) is 2. The molecule has 1 saturated heterocycles. The van der Waals surface area contributed by atoms with E-state index in [-0.39, 0.29) is 36.8 Å². The Morgan fingerprint density at radius 3 is 2.59 bits per heavy atom. The lowest BCUT2D eigenvalue weighted by atomic mass is 9.82. The van der Waals surface area contributed by atoms with Crippen molar-refractivity contribution in [2.75, 3.05) is 25.2 Å². The van der Waals surface area contributed by atoms with Crippen LogP contribution < -0.4 is 15.0 Å². The van der Waals surface area contributed by atoms with Crippen molar-refractivity contribution in [3.05, 3.63) is 24.3 Å². The molecule has 1 saturated carbocycles. The second-order valence-corrected chi connectivity index (χ2v) is 7.63. The van der Waals surface area contributed by atoms with Crippen molar-refractivity contribution in [1.82, 2.24) is 5.32 Å². The minimum Gasteiger partial charge on any atom is -0.497 e. The fourth-order valence-corrected chi connectivity index (χ4v) is 4.30. The molecule has 2 aliphatic rings. The minimum absolute atomic E-state index is 0.00735. The van der Waals surface area contributed by atoms with E-state index in [4.69, 9.17) is 4.74 Å². The zero-order chi connectivity index (χ0) is 19.2. The van der Waals surface area contributed by atoms with E-state index in [9.17, 15) is 14.7 Å². The maximum absolute atomic E-state index is 12.8. The van der Waals surface area contributed by atoms with Crippen LogP contribution in [0.5, 0.6) is 5.75 Å². The predicted octanol–water partition coefficient (Wildman–Crippen LogP) is 2.50. The van der Waals surface area contributed by atoms with Crippen LogP contribution in [-0.2, 0) is 9.59 Å². The molecule has 2 N–H and O–H groups in total. The van der Waals surface area contributed by atoms with Crippen molar-refractivity contribution in [3.63, 3.8) is 0 Å². The minimum atomic E-state index is -0.343. The Bertz CT molecular complexity index is 640. The number of rotatable bonds is 7. The van der Waals surface area contributed by atoms with Crippen molar-refractivity contribution in [2.45, 2.75) is 51.0 Å². The molecular formula is C21H30N2O4. The first-order valence-corrected chi connectivity index (χ1v) is 9.98. The maximum Gasteiger partial charge on any atom is 0.227 e.